The minimum Gasteiger partial charge on any atom is -0.325 e. The van der Waals surface area contributed by atoms with Crippen LogP contribution in [0.2, 0.25) is 0 Å². The first kappa shape index (κ1) is 13.7. The van der Waals surface area contributed by atoms with Crippen LogP contribution in [0.5, 0.6) is 0 Å². The van der Waals surface area contributed by atoms with Gasteiger partial charge in [-0.15, -0.1) is 0 Å². The van der Waals surface area contributed by atoms with Crippen molar-refractivity contribution in [3.8, 4) is 0 Å². The molecule has 3 nitrogen and oxygen atoms in total. The van der Waals surface area contributed by atoms with Gasteiger partial charge in [0.2, 0.25) is 5.91 Å². The Morgan fingerprint density at radius 3 is 2.41 bits per heavy atom. The van der Waals surface area contributed by atoms with Gasteiger partial charge in [0.05, 0.1) is 6.04 Å². The van der Waals surface area contributed by atoms with E-state index in [4.69, 9.17) is 5.73 Å². The summed E-state index contributed by atoms with van der Waals surface area (Å²) in [5, 5.41) is 2.83. The van der Waals surface area contributed by atoms with E-state index in [-0.39, 0.29) is 5.91 Å². The monoisotopic (exact) mass is 234 g/mol. The molecule has 0 radical (unpaired) electrons. The summed E-state index contributed by atoms with van der Waals surface area (Å²) >= 11 is 0. The van der Waals surface area contributed by atoms with E-state index in [1.165, 1.54) is 5.56 Å². The molecule has 0 aliphatic rings. The number of amides is 1. The Hall–Kier alpha value is -1.35. The zero-order chi connectivity index (χ0) is 12.7. The molecule has 1 amide bonds. The minimum absolute atomic E-state index is 0.102. The van der Waals surface area contributed by atoms with Gasteiger partial charge in [-0.05, 0) is 30.5 Å². The number of rotatable bonds is 6. The summed E-state index contributed by atoms with van der Waals surface area (Å²) in [6.45, 7) is 4.17. The van der Waals surface area contributed by atoms with E-state index >= 15 is 0 Å². The van der Waals surface area contributed by atoms with Crippen molar-refractivity contribution in [3.05, 3.63) is 29.8 Å². The molecule has 1 aromatic rings. The summed E-state index contributed by atoms with van der Waals surface area (Å²) in [5.41, 5.74) is 7.86. The lowest BCUT2D eigenvalue weighted by Crippen LogP contribution is -2.35. The minimum atomic E-state index is -0.407. The van der Waals surface area contributed by atoms with Gasteiger partial charge in [0.1, 0.15) is 0 Å². The zero-order valence-electron chi connectivity index (χ0n) is 10.7. The molecule has 3 heteroatoms. The quantitative estimate of drug-likeness (QED) is 0.795. The molecule has 3 N–H and O–H groups in total. The van der Waals surface area contributed by atoms with Crippen LogP contribution >= 0.6 is 0 Å². The standard InChI is InChI=1S/C14H22N2O/c1-3-5-11-7-9-12(10-8-11)16-14(17)13(15)6-4-2/h7-10,13H,3-6,15H2,1-2H3,(H,16,17)/t13-/m0/s1. The predicted octanol–water partition coefficient (Wildman–Crippen LogP) is 2.71. The summed E-state index contributed by atoms with van der Waals surface area (Å²) in [6, 6.07) is 7.55. The van der Waals surface area contributed by atoms with Gasteiger partial charge in [-0.1, -0.05) is 38.8 Å². The lowest BCUT2D eigenvalue weighted by molar-refractivity contribution is -0.117. The summed E-state index contributed by atoms with van der Waals surface area (Å²) in [4.78, 5) is 11.7. The van der Waals surface area contributed by atoms with Crippen LogP contribution in [0.1, 0.15) is 38.7 Å². The van der Waals surface area contributed by atoms with E-state index in [9.17, 15) is 4.79 Å². The third kappa shape index (κ3) is 4.57. The summed E-state index contributed by atoms with van der Waals surface area (Å²) in [6.07, 6.45) is 3.85. The highest BCUT2D eigenvalue weighted by Gasteiger charge is 2.11. The van der Waals surface area contributed by atoms with Gasteiger partial charge in [0.15, 0.2) is 0 Å². The van der Waals surface area contributed by atoms with Crippen LogP contribution in [-0.4, -0.2) is 11.9 Å². The van der Waals surface area contributed by atoms with E-state index in [0.717, 1.165) is 31.4 Å². The van der Waals surface area contributed by atoms with E-state index in [2.05, 4.69) is 12.2 Å². The molecule has 0 fully saturated rings. The first-order valence-electron chi connectivity index (χ1n) is 6.32. The number of carbonyl (C=O) groups is 1. The van der Waals surface area contributed by atoms with Crippen molar-refractivity contribution in [2.24, 2.45) is 5.73 Å². The molecule has 17 heavy (non-hydrogen) atoms. The Bertz CT molecular complexity index is 346. The van der Waals surface area contributed by atoms with Crippen LogP contribution < -0.4 is 11.1 Å². The topological polar surface area (TPSA) is 55.1 Å². The average Bonchev–Trinajstić information content (AvgIpc) is 2.32. The van der Waals surface area contributed by atoms with Crippen molar-refractivity contribution in [1.82, 2.24) is 0 Å². The lowest BCUT2D eigenvalue weighted by atomic mass is 10.1. The fourth-order valence-corrected chi connectivity index (χ4v) is 1.72. The number of benzene rings is 1. The van der Waals surface area contributed by atoms with Crippen molar-refractivity contribution in [3.63, 3.8) is 0 Å². The molecule has 1 aromatic carbocycles. The van der Waals surface area contributed by atoms with Gasteiger partial charge >= 0.3 is 0 Å². The Morgan fingerprint density at radius 2 is 1.88 bits per heavy atom. The zero-order valence-corrected chi connectivity index (χ0v) is 10.7. The number of anilines is 1. The number of hydrogen-bond donors (Lipinski definition) is 2. The van der Waals surface area contributed by atoms with Crippen LogP contribution in [0.3, 0.4) is 0 Å². The second-order valence-corrected chi connectivity index (χ2v) is 4.33. The van der Waals surface area contributed by atoms with E-state index in [0.29, 0.717) is 0 Å². The van der Waals surface area contributed by atoms with Crippen molar-refractivity contribution in [2.45, 2.75) is 45.6 Å². The maximum absolute atomic E-state index is 11.7. The maximum Gasteiger partial charge on any atom is 0.241 e. The molecule has 0 saturated heterocycles. The van der Waals surface area contributed by atoms with Gasteiger partial charge < -0.3 is 11.1 Å². The van der Waals surface area contributed by atoms with Crippen LogP contribution in [0.4, 0.5) is 5.69 Å². The second-order valence-electron chi connectivity index (χ2n) is 4.33. The van der Waals surface area contributed by atoms with Crippen molar-refractivity contribution < 1.29 is 4.79 Å². The Balaban J connectivity index is 2.53. The van der Waals surface area contributed by atoms with Crippen molar-refractivity contribution in [2.75, 3.05) is 5.32 Å². The second kappa shape index (κ2) is 7.07. The SMILES string of the molecule is CCCc1ccc(NC(=O)[C@@H](N)CCC)cc1. The smallest absolute Gasteiger partial charge is 0.241 e. The normalized spacial score (nSPS) is 12.2. The highest BCUT2D eigenvalue weighted by molar-refractivity contribution is 5.94. The molecule has 0 saturated carbocycles. The first-order chi connectivity index (χ1) is 8.17. The molecule has 0 heterocycles. The van der Waals surface area contributed by atoms with Crippen LogP contribution in [-0.2, 0) is 11.2 Å². The number of aryl methyl sites for hydroxylation is 1. The molecule has 0 bridgehead atoms. The van der Waals surface area contributed by atoms with Gasteiger partial charge in [0, 0.05) is 5.69 Å². The molecule has 0 spiro atoms. The van der Waals surface area contributed by atoms with Gasteiger partial charge in [-0.3, -0.25) is 4.79 Å². The van der Waals surface area contributed by atoms with Gasteiger partial charge in [0.25, 0.3) is 0 Å². The highest BCUT2D eigenvalue weighted by Crippen LogP contribution is 2.11. The molecule has 1 rings (SSSR count). The molecular formula is C14H22N2O. The number of nitrogens with two attached hydrogens (primary N) is 1. The fourth-order valence-electron chi connectivity index (χ4n) is 1.72. The Labute approximate surface area is 103 Å². The Morgan fingerprint density at radius 1 is 1.24 bits per heavy atom. The lowest BCUT2D eigenvalue weighted by Gasteiger charge is -2.11. The summed E-state index contributed by atoms with van der Waals surface area (Å²) in [7, 11) is 0. The molecule has 0 unspecified atom stereocenters. The van der Waals surface area contributed by atoms with Gasteiger partial charge in [-0.25, -0.2) is 0 Å². The third-order valence-corrected chi connectivity index (χ3v) is 2.70. The highest BCUT2D eigenvalue weighted by atomic mass is 16.2. The number of nitrogens with one attached hydrogen (secondary N) is 1. The van der Waals surface area contributed by atoms with Crippen LogP contribution in [0, 0.1) is 0 Å². The molecule has 0 aliphatic heterocycles. The molecular weight excluding hydrogens is 212 g/mol. The predicted molar refractivity (Wildman–Crippen MR) is 72.0 cm³/mol. The van der Waals surface area contributed by atoms with Crippen LogP contribution in [0.15, 0.2) is 24.3 Å². The third-order valence-electron chi connectivity index (χ3n) is 2.70. The number of carbonyl (C=O) groups excluding carboxylic acids is 1. The van der Waals surface area contributed by atoms with E-state index < -0.39 is 6.04 Å². The van der Waals surface area contributed by atoms with Gasteiger partial charge in [-0.2, -0.15) is 0 Å². The number of hydrogen-bond acceptors (Lipinski definition) is 2. The largest absolute Gasteiger partial charge is 0.325 e. The van der Waals surface area contributed by atoms with Crippen molar-refractivity contribution in [1.29, 1.82) is 0 Å². The summed E-state index contributed by atoms with van der Waals surface area (Å²) < 4.78 is 0. The van der Waals surface area contributed by atoms with Crippen LogP contribution in [0.25, 0.3) is 0 Å². The average molecular weight is 234 g/mol. The van der Waals surface area contributed by atoms with E-state index in [1.807, 2.05) is 31.2 Å². The van der Waals surface area contributed by atoms with Crippen molar-refractivity contribution >= 4 is 11.6 Å². The molecule has 0 aliphatic carbocycles. The summed E-state index contributed by atoms with van der Waals surface area (Å²) in [5.74, 6) is -0.102. The van der Waals surface area contributed by atoms with E-state index in [1.54, 1.807) is 0 Å². The molecule has 94 valence electrons. The molecule has 1 atom stereocenters. The fraction of sp³-hybridized carbons (Fsp3) is 0.500. The first-order valence-corrected chi connectivity index (χ1v) is 6.32. The Kier molecular flexibility index (Phi) is 5.70. The molecule has 0 aromatic heterocycles. The maximum atomic E-state index is 11.7.